The van der Waals surface area contributed by atoms with Crippen LogP contribution in [0.25, 0.3) is 11.0 Å². The molecular weight excluding hydrogens is 268 g/mol. The number of nitrogens with zero attached hydrogens (tertiary/aromatic N) is 2. The Bertz CT molecular complexity index is 765. The first-order chi connectivity index (χ1) is 10.2. The molecule has 0 saturated heterocycles. The third-order valence-electron chi connectivity index (χ3n) is 3.21. The Hall–Kier alpha value is -2.89. The smallest absolute Gasteiger partial charge is 0.251 e. The van der Waals surface area contributed by atoms with E-state index in [2.05, 4.69) is 20.7 Å². The van der Waals surface area contributed by atoms with Gasteiger partial charge in [-0.2, -0.15) is 15.4 Å². The van der Waals surface area contributed by atoms with Crippen molar-refractivity contribution in [3.05, 3.63) is 53.6 Å². The van der Waals surface area contributed by atoms with Crippen LogP contribution in [0.1, 0.15) is 15.9 Å². The Morgan fingerprint density at radius 2 is 1.86 bits per heavy atom. The van der Waals surface area contributed by atoms with Crippen molar-refractivity contribution >= 4 is 16.9 Å². The predicted octanol–water partition coefficient (Wildman–Crippen LogP) is 1.64. The molecule has 3 rings (SSSR count). The van der Waals surface area contributed by atoms with Crippen LogP contribution in [0.15, 0.2) is 42.5 Å². The summed E-state index contributed by atoms with van der Waals surface area (Å²) < 4.78 is 0. The summed E-state index contributed by atoms with van der Waals surface area (Å²) in [6.45, 7) is 0.528. The number of carbonyl (C=O) groups is 1. The molecule has 0 aliphatic carbocycles. The molecule has 3 aromatic rings. The fourth-order valence-corrected chi connectivity index (χ4v) is 2.07. The molecule has 1 heterocycles. The van der Waals surface area contributed by atoms with Gasteiger partial charge >= 0.3 is 0 Å². The van der Waals surface area contributed by atoms with Crippen LogP contribution in [-0.2, 0) is 6.42 Å². The molecule has 21 heavy (non-hydrogen) atoms. The van der Waals surface area contributed by atoms with Crippen molar-refractivity contribution < 1.29 is 9.90 Å². The third kappa shape index (κ3) is 3.00. The van der Waals surface area contributed by atoms with Gasteiger partial charge in [0.2, 0.25) is 0 Å². The lowest BCUT2D eigenvalue weighted by atomic mass is 10.1. The molecule has 1 amide bonds. The molecule has 1 aromatic heterocycles. The molecule has 0 bridgehead atoms. The average Bonchev–Trinajstić information content (AvgIpc) is 2.96. The average molecular weight is 282 g/mol. The van der Waals surface area contributed by atoms with Gasteiger partial charge in [-0.05, 0) is 42.3 Å². The maximum absolute atomic E-state index is 12.0. The van der Waals surface area contributed by atoms with Gasteiger partial charge in [-0.1, -0.05) is 12.1 Å². The zero-order valence-corrected chi connectivity index (χ0v) is 11.2. The maximum Gasteiger partial charge on any atom is 0.251 e. The second kappa shape index (κ2) is 5.62. The highest BCUT2D eigenvalue weighted by atomic mass is 16.3. The zero-order chi connectivity index (χ0) is 14.7. The number of rotatable bonds is 4. The molecule has 3 N–H and O–H groups in total. The lowest BCUT2D eigenvalue weighted by molar-refractivity contribution is 0.0954. The van der Waals surface area contributed by atoms with Crippen LogP contribution in [0.3, 0.4) is 0 Å². The predicted molar refractivity (Wildman–Crippen MR) is 78.0 cm³/mol. The molecule has 6 nitrogen and oxygen atoms in total. The number of nitrogens with one attached hydrogen (secondary N) is 2. The highest BCUT2D eigenvalue weighted by molar-refractivity contribution is 5.97. The normalized spacial score (nSPS) is 10.7. The quantitative estimate of drug-likeness (QED) is 0.678. The highest BCUT2D eigenvalue weighted by Gasteiger charge is 2.07. The van der Waals surface area contributed by atoms with Crippen LogP contribution in [-0.4, -0.2) is 33.0 Å². The molecular formula is C15H14N4O2. The Kier molecular flexibility index (Phi) is 3.51. The minimum absolute atomic E-state index is 0.140. The van der Waals surface area contributed by atoms with Crippen molar-refractivity contribution in [2.24, 2.45) is 0 Å². The Balaban J connectivity index is 1.59. The first kappa shape index (κ1) is 13.1. The van der Waals surface area contributed by atoms with Crippen LogP contribution in [0.5, 0.6) is 5.75 Å². The summed E-state index contributed by atoms with van der Waals surface area (Å²) in [7, 11) is 0. The van der Waals surface area contributed by atoms with E-state index in [4.69, 9.17) is 0 Å². The minimum Gasteiger partial charge on any atom is -0.508 e. The summed E-state index contributed by atoms with van der Waals surface area (Å²) in [6, 6.07) is 12.1. The summed E-state index contributed by atoms with van der Waals surface area (Å²) >= 11 is 0. The van der Waals surface area contributed by atoms with Crippen molar-refractivity contribution in [1.29, 1.82) is 0 Å². The lowest BCUT2D eigenvalue weighted by Crippen LogP contribution is -2.25. The first-order valence-corrected chi connectivity index (χ1v) is 6.59. The number of phenolic OH excluding ortho intramolecular Hbond substituents is 1. The number of fused-ring (bicyclic) bond motifs is 1. The van der Waals surface area contributed by atoms with Crippen molar-refractivity contribution in [3.63, 3.8) is 0 Å². The first-order valence-electron chi connectivity index (χ1n) is 6.59. The topological polar surface area (TPSA) is 90.9 Å². The number of aromatic amines is 1. The van der Waals surface area contributed by atoms with Crippen LogP contribution in [0, 0.1) is 0 Å². The number of hydrogen-bond acceptors (Lipinski definition) is 4. The van der Waals surface area contributed by atoms with Crippen molar-refractivity contribution in [2.45, 2.75) is 6.42 Å². The van der Waals surface area contributed by atoms with Gasteiger partial charge in [0, 0.05) is 12.1 Å². The summed E-state index contributed by atoms with van der Waals surface area (Å²) in [5.41, 5.74) is 3.01. The van der Waals surface area contributed by atoms with E-state index >= 15 is 0 Å². The second-order valence-corrected chi connectivity index (χ2v) is 4.70. The van der Waals surface area contributed by atoms with Crippen molar-refractivity contribution in [1.82, 2.24) is 20.7 Å². The van der Waals surface area contributed by atoms with Gasteiger partial charge in [0.25, 0.3) is 5.91 Å². The van der Waals surface area contributed by atoms with Crippen LogP contribution >= 0.6 is 0 Å². The number of H-pyrrole nitrogens is 1. The number of aromatic nitrogens is 3. The van der Waals surface area contributed by atoms with Crippen LogP contribution in [0.4, 0.5) is 0 Å². The Labute approximate surface area is 120 Å². The Morgan fingerprint density at radius 3 is 2.67 bits per heavy atom. The van der Waals surface area contributed by atoms with E-state index in [0.717, 1.165) is 11.1 Å². The Morgan fingerprint density at radius 1 is 1.10 bits per heavy atom. The standard InChI is InChI=1S/C15H14N4O2/c20-12-4-1-10(2-5-12)7-8-16-15(21)11-3-6-13-14(9-11)18-19-17-13/h1-6,9,20H,7-8H2,(H,16,21)(H,17,18,19). The molecule has 0 spiro atoms. The van der Waals surface area contributed by atoms with Crippen LogP contribution in [0.2, 0.25) is 0 Å². The monoisotopic (exact) mass is 282 g/mol. The van der Waals surface area contributed by atoms with Gasteiger partial charge in [-0.25, -0.2) is 0 Å². The van der Waals surface area contributed by atoms with Gasteiger partial charge < -0.3 is 10.4 Å². The number of amides is 1. The molecule has 0 radical (unpaired) electrons. The molecule has 0 saturated carbocycles. The SMILES string of the molecule is O=C(NCCc1ccc(O)cc1)c1ccc2n[nH]nc2c1. The van der Waals surface area contributed by atoms with Gasteiger partial charge in [0.15, 0.2) is 0 Å². The minimum atomic E-state index is -0.140. The third-order valence-corrected chi connectivity index (χ3v) is 3.21. The molecule has 2 aromatic carbocycles. The van der Waals surface area contributed by atoms with E-state index < -0.39 is 0 Å². The van der Waals surface area contributed by atoms with E-state index in [1.54, 1.807) is 30.3 Å². The summed E-state index contributed by atoms with van der Waals surface area (Å²) in [5, 5.41) is 22.5. The fraction of sp³-hybridized carbons (Fsp3) is 0.133. The van der Waals surface area contributed by atoms with E-state index in [1.165, 1.54) is 0 Å². The molecule has 0 fully saturated rings. The van der Waals surface area contributed by atoms with Gasteiger partial charge in [-0.15, -0.1) is 0 Å². The van der Waals surface area contributed by atoms with Gasteiger partial charge in [-0.3, -0.25) is 4.79 Å². The summed E-state index contributed by atoms with van der Waals surface area (Å²) in [6.07, 6.45) is 0.707. The van der Waals surface area contributed by atoms with Crippen LogP contribution < -0.4 is 5.32 Å². The number of aromatic hydroxyl groups is 1. The molecule has 0 aliphatic rings. The zero-order valence-electron chi connectivity index (χ0n) is 11.2. The molecule has 6 heteroatoms. The highest BCUT2D eigenvalue weighted by Crippen LogP contribution is 2.11. The van der Waals surface area contributed by atoms with E-state index in [0.29, 0.717) is 24.0 Å². The molecule has 0 aliphatic heterocycles. The maximum atomic E-state index is 12.0. The van der Waals surface area contributed by atoms with E-state index in [-0.39, 0.29) is 11.7 Å². The molecule has 0 unspecified atom stereocenters. The van der Waals surface area contributed by atoms with E-state index in [1.807, 2.05) is 12.1 Å². The van der Waals surface area contributed by atoms with Gasteiger partial charge in [0.1, 0.15) is 16.8 Å². The number of carbonyl (C=O) groups excluding carboxylic acids is 1. The summed E-state index contributed by atoms with van der Waals surface area (Å²) in [4.78, 5) is 12.0. The van der Waals surface area contributed by atoms with Crippen molar-refractivity contribution in [2.75, 3.05) is 6.54 Å². The van der Waals surface area contributed by atoms with Crippen molar-refractivity contribution in [3.8, 4) is 5.75 Å². The summed E-state index contributed by atoms with van der Waals surface area (Å²) in [5.74, 6) is 0.0994. The van der Waals surface area contributed by atoms with Gasteiger partial charge in [0.05, 0.1) is 0 Å². The number of phenols is 1. The second-order valence-electron chi connectivity index (χ2n) is 4.70. The largest absolute Gasteiger partial charge is 0.508 e. The number of benzene rings is 2. The molecule has 0 atom stereocenters. The fourth-order valence-electron chi connectivity index (χ4n) is 2.07. The lowest BCUT2D eigenvalue weighted by Gasteiger charge is -2.05. The van der Waals surface area contributed by atoms with E-state index in [9.17, 15) is 9.90 Å². The molecule has 106 valence electrons. The number of hydrogen-bond donors (Lipinski definition) is 3.